The molecule has 0 saturated carbocycles. The molecular formula is C41H39NOSi. The predicted molar refractivity (Wildman–Crippen MR) is 193 cm³/mol. The highest BCUT2D eigenvalue weighted by atomic mass is 28.3. The van der Waals surface area contributed by atoms with Crippen molar-refractivity contribution < 1.29 is 4.42 Å². The Morgan fingerprint density at radius 3 is 2.20 bits per heavy atom. The third kappa shape index (κ3) is 5.01. The average Bonchev–Trinajstić information content (AvgIpc) is 3.61. The molecule has 0 aliphatic carbocycles. The highest BCUT2D eigenvalue weighted by molar-refractivity contribution is 6.90. The lowest BCUT2D eigenvalue weighted by atomic mass is 9.89. The summed E-state index contributed by atoms with van der Waals surface area (Å²) < 4.78 is 6.72. The first-order chi connectivity index (χ1) is 21.3. The summed E-state index contributed by atoms with van der Waals surface area (Å²) in [5.41, 5.74) is 13.5. The van der Waals surface area contributed by atoms with Gasteiger partial charge in [-0.2, -0.15) is 0 Å². The zero-order chi connectivity index (χ0) is 30.4. The zero-order valence-electron chi connectivity index (χ0n) is 26.3. The van der Waals surface area contributed by atoms with Gasteiger partial charge in [-0.3, -0.25) is 0 Å². The maximum Gasteiger partial charge on any atom is 0.138 e. The number of para-hydroxylation sites is 2. The Bertz CT molecular complexity index is 2190. The quantitative estimate of drug-likeness (QED) is 0.184. The van der Waals surface area contributed by atoms with E-state index in [4.69, 9.17) is 4.42 Å². The Balaban J connectivity index is 1.30. The van der Waals surface area contributed by atoms with E-state index in [9.17, 15) is 0 Å². The van der Waals surface area contributed by atoms with Gasteiger partial charge in [0, 0.05) is 27.9 Å². The monoisotopic (exact) mass is 589 g/mol. The van der Waals surface area contributed by atoms with Crippen molar-refractivity contribution in [3.8, 4) is 22.3 Å². The van der Waals surface area contributed by atoms with Gasteiger partial charge in [-0.15, -0.1) is 0 Å². The molecule has 44 heavy (non-hydrogen) atoms. The zero-order valence-corrected chi connectivity index (χ0v) is 27.3. The molecule has 0 saturated heterocycles. The number of aryl methyl sites for hydroxylation is 3. The molecule has 0 unspecified atom stereocenters. The number of rotatable bonds is 7. The number of aromatic amines is 1. The van der Waals surface area contributed by atoms with E-state index in [1.54, 1.807) is 0 Å². The van der Waals surface area contributed by atoms with Crippen molar-refractivity contribution in [2.45, 2.75) is 46.3 Å². The number of hydrogen-bond acceptors (Lipinski definition) is 1. The standard InChI is InChI=1S/C41H39NOSi/c1-6-11-32-26-42-38-23-22-31(25-37(32)38)30-21-19-28(36(24-30)33-14-8-7-12-27(33)2)18-20-29-13-9-15-34-35-16-10-17-39(44(3,4)5)41(35)43-40(29)34/h6-17,19,21-26,42H,18,20H2,1-5H3. The largest absolute Gasteiger partial charge is 0.456 e. The number of hydrogen-bond donors (Lipinski definition) is 1. The minimum Gasteiger partial charge on any atom is -0.456 e. The van der Waals surface area contributed by atoms with Crippen LogP contribution in [-0.2, 0) is 12.8 Å². The van der Waals surface area contributed by atoms with Gasteiger partial charge in [-0.25, -0.2) is 0 Å². The fourth-order valence-electron chi connectivity index (χ4n) is 6.67. The van der Waals surface area contributed by atoms with Gasteiger partial charge in [0.1, 0.15) is 11.2 Å². The lowest BCUT2D eigenvalue weighted by Crippen LogP contribution is -2.37. The van der Waals surface area contributed by atoms with E-state index in [-0.39, 0.29) is 0 Å². The van der Waals surface area contributed by atoms with E-state index in [1.165, 1.54) is 65.9 Å². The summed E-state index contributed by atoms with van der Waals surface area (Å²) in [6.45, 7) is 11.5. The molecule has 2 heterocycles. The smallest absolute Gasteiger partial charge is 0.138 e. The van der Waals surface area contributed by atoms with Gasteiger partial charge in [-0.05, 0) is 94.6 Å². The first kappa shape index (κ1) is 28.2. The molecule has 0 aliphatic heterocycles. The summed E-state index contributed by atoms with van der Waals surface area (Å²) in [5.74, 6) is 0. The van der Waals surface area contributed by atoms with Crippen LogP contribution in [0.25, 0.3) is 61.2 Å². The molecule has 218 valence electrons. The van der Waals surface area contributed by atoms with Crippen LogP contribution in [0.5, 0.6) is 0 Å². The molecule has 0 aliphatic rings. The van der Waals surface area contributed by atoms with E-state index in [0.717, 1.165) is 29.5 Å². The minimum atomic E-state index is -1.55. The molecule has 3 heteroatoms. The number of furan rings is 1. The number of allylic oxidation sites excluding steroid dienone is 1. The predicted octanol–water partition coefficient (Wildman–Crippen LogP) is 11.1. The van der Waals surface area contributed by atoms with Crippen LogP contribution in [0.2, 0.25) is 19.6 Å². The fraction of sp³-hybridized carbons (Fsp3) is 0.171. The Labute approximate surface area is 261 Å². The number of nitrogens with one attached hydrogen (secondary N) is 1. The number of benzene rings is 5. The second-order valence-electron chi connectivity index (χ2n) is 13.0. The second kappa shape index (κ2) is 11.2. The number of H-pyrrole nitrogens is 1. The third-order valence-corrected chi connectivity index (χ3v) is 11.0. The van der Waals surface area contributed by atoms with Crippen molar-refractivity contribution >= 4 is 52.2 Å². The van der Waals surface area contributed by atoms with Crippen LogP contribution in [0.4, 0.5) is 0 Å². The van der Waals surface area contributed by atoms with Crippen molar-refractivity contribution in [1.82, 2.24) is 4.98 Å². The average molecular weight is 590 g/mol. The molecule has 5 aromatic carbocycles. The molecule has 0 atom stereocenters. The van der Waals surface area contributed by atoms with Crippen LogP contribution in [0.3, 0.4) is 0 Å². The molecule has 0 amide bonds. The van der Waals surface area contributed by atoms with E-state index >= 15 is 0 Å². The number of aromatic nitrogens is 1. The molecule has 0 fully saturated rings. The molecule has 0 bridgehead atoms. The van der Waals surface area contributed by atoms with Gasteiger partial charge in [0.15, 0.2) is 0 Å². The van der Waals surface area contributed by atoms with Crippen molar-refractivity contribution in [2.75, 3.05) is 0 Å². The van der Waals surface area contributed by atoms with Gasteiger partial charge < -0.3 is 9.40 Å². The van der Waals surface area contributed by atoms with Crippen LogP contribution in [-0.4, -0.2) is 13.1 Å². The molecule has 0 spiro atoms. The van der Waals surface area contributed by atoms with E-state index in [0.29, 0.717) is 0 Å². The first-order valence-corrected chi connectivity index (χ1v) is 19.2. The third-order valence-electron chi connectivity index (χ3n) is 9.02. The van der Waals surface area contributed by atoms with Crippen LogP contribution < -0.4 is 5.19 Å². The fourth-order valence-corrected chi connectivity index (χ4v) is 8.14. The summed E-state index contributed by atoms with van der Waals surface area (Å²) >= 11 is 0. The van der Waals surface area contributed by atoms with Crippen LogP contribution in [0.1, 0.15) is 29.2 Å². The van der Waals surface area contributed by atoms with E-state index < -0.39 is 8.07 Å². The maximum absolute atomic E-state index is 6.72. The van der Waals surface area contributed by atoms with Gasteiger partial charge in [0.25, 0.3) is 0 Å². The molecule has 7 rings (SSSR count). The molecule has 1 N–H and O–H groups in total. The topological polar surface area (TPSA) is 28.9 Å². The molecule has 2 nitrogen and oxygen atoms in total. The van der Waals surface area contributed by atoms with Gasteiger partial charge in [0.05, 0.1) is 8.07 Å². The molecule has 0 radical (unpaired) electrons. The lowest BCUT2D eigenvalue weighted by Gasteiger charge is -2.16. The summed E-state index contributed by atoms with van der Waals surface area (Å²) in [6.07, 6.45) is 8.20. The lowest BCUT2D eigenvalue weighted by molar-refractivity contribution is 0.664. The maximum atomic E-state index is 6.72. The Hall–Kier alpha value is -4.60. The Kier molecular flexibility index (Phi) is 7.14. The van der Waals surface area contributed by atoms with Crippen LogP contribution in [0.15, 0.2) is 114 Å². The summed E-state index contributed by atoms with van der Waals surface area (Å²) in [6, 6.07) is 35.9. The normalized spacial score (nSPS) is 12.3. The van der Waals surface area contributed by atoms with Crippen LogP contribution in [0, 0.1) is 6.92 Å². The molecule has 7 aromatic rings. The Morgan fingerprint density at radius 1 is 0.682 bits per heavy atom. The van der Waals surface area contributed by atoms with E-state index in [2.05, 4.69) is 154 Å². The second-order valence-corrected chi connectivity index (χ2v) is 18.1. The van der Waals surface area contributed by atoms with Crippen molar-refractivity contribution in [3.63, 3.8) is 0 Å². The van der Waals surface area contributed by atoms with Gasteiger partial charge in [0.2, 0.25) is 0 Å². The SMILES string of the molecule is CC=Cc1c[nH]c2ccc(-c3ccc(CCc4cccc5c4oc4c([Si](C)(C)C)cccc45)c(-c4ccccc4C)c3)cc12. The van der Waals surface area contributed by atoms with Gasteiger partial charge >= 0.3 is 0 Å². The van der Waals surface area contributed by atoms with Crippen LogP contribution >= 0.6 is 0 Å². The van der Waals surface area contributed by atoms with Crippen molar-refractivity contribution in [2.24, 2.45) is 0 Å². The molecule has 2 aromatic heterocycles. The summed E-state index contributed by atoms with van der Waals surface area (Å²) in [4.78, 5) is 3.41. The van der Waals surface area contributed by atoms with E-state index in [1.807, 2.05) is 0 Å². The summed E-state index contributed by atoms with van der Waals surface area (Å²) in [5, 5.41) is 5.11. The highest BCUT2D eigenvalue weighted by Gasteiger charge is 2.23. The first-order valence-electron chi connectivity index (χ1n) is 15.7. The minimum absolute atomic E-state index is 0.916. The van der Waals surface area contributed by atoms with Crippen molar-refractivity contribution in [1.29, 1.82) is 0 Å². The Morgan fingerprint density at radius 2 is 1.41 bits per heavy atom. The highest BCUT2D eigenvalue weighted by Crippen LogP contribution is 2.36. The number of fused-ring (bicyclic) bond motifs is 4. The van der Waals surface area contributed by atoms with Crippen molar-refractivity contribution in [3.05, 3.63) is 132 Å². The molecular weight excluding hydrogens is 551 g/mol. The summed E-state index contributed by atoms with van der Waals surface area (Å²) in [7, 11) is -1.55. The van der Waals surface area contributed by atoms with Gasteiger partial charge in [-0.1, -0.05) is 111 Å².